The van der Waals surface area contributed by atoms with E-state index in [1.165, 1.54) is 16.8 Å². The summed E-state index contributed by atoms with van der Waals surface area (Å²) in [6.45, 7) is 4.15. The molecule has 4 heteroatoms. The number of hydrogen-bond acceptors (Lipinski definition) is 3. The van der Waals surface area contributed by atoms with Crippen LogP contribution in [-0.2, 0) is 17.6 Å². The second kappa shape index (κ2) is 6.14. The zero-order valence-electron chi connectivity index (χ0n) is 13.1. The first-order chi connectivity index (χ1) is 10.1. The fourth-order valence-electron chi connectivity index (χ4n) is 3.45. The normalized spacial score (nSPS) is 23.6. The molecule has 0 aromatic carbocycles. The summed E-state index contributed by atoms with van der Waals surface area (Å²) in [6.07, 6.45) is 6.85. The molecule has 0 saturated carbocycles. The van der Waals surface area contributed by atoms with E-state index in [0.29, 0.717) is 0 Å². The molecule has 2 aliphatic rings. The van der Waals surface area contributed by atoms with Gasteiger partial charge in [-0.2, -0.15) is 0 Å². The van der Waals surface area contributed by atoms with E-state index >= 15 is 0 Å². The van der Waals surface area contributed by atoms with Gasteiger partial charge in [-0.25, -0.2) is 0 Å². The number of rotatable bonds is 2. The number of nitrogens with one attached hydrogen (secondary N) is 1. The minimum Gasteiger partial charge on any atom is -0.353 e. The second-order valence-electron chi connectivity index (χ2n) is 6.64. The van der Waals surface area contributed by atoms with Crippen molar-refractivity contribution < 1.29 is 4.79 Å². The van der Waals surface area contributed by atoms with Gasteiger partial charge in [0.25, 0.3) is 0 Å². The van der Waals surface area contributed by atoms with Crippen molar-refractivity contribution in [2.45, 2.75) is 45.1 Å². The predicted octanol–water partition coefficient (Wildman–Crippen LogP) is 1.71. The first kappa shape index (κ1) is 14.5. The van der Waals surface area contributed by atoms with Crippen LogP contribution in [0.3, 0.4) is 0 Å². The standard InChI is InChI=1S/C17H25N3O/c1-12-9-14-10-15(3-4-16(14)18-11-12)19-17(21)13-5-7-20(2)8-6-13/h9,11,13,15H,3-8,10H2,1-2H3,(H,19,21). The Balaban J connectivity index is 1.58. The van der Waals surface area contributed by atoms with E-state index in [9.17, 15) is 4.79 Å². The predicted molar refractivity (Wildman–Crippen MR) is 83.2 cm³/mol. The smallest absolute Gasteiger partial charge is 0.223 e. The molecular formula is C17H25N3O. The van der Waals surface area contributed by atoms with Crippen molar-refractivity contribution >= 4 is 5.91 Å². The number of pyridine rings is 1. The third-order valence-electron chi connectivity index (χ3n) is 4.83. The largest absolute Gasteiger partial charge is 0.353 e. The Morgan fingerprint density at radius 1 is 1.33 bits per heavy atom. The van der Waals surface area contributed by atoms with Crippen molar-refractivity contribution in [2.24, 2.45) is 5.92 Å². The van der Waals surface area contributed by atoms with E-state index in [4.69, 9.17) is 0 Å². The molecule has 1 aliphatic carbocycles. The van der Waals surface area contributed by atoms with E-state index in [0.717, 1.165) is 45.2 Å². The number of nitrogens with zero attached hydrogens (tertiary/aromatic N) is 2. The molecule has 114 valence electrons. The third kappa shape index (κ3) is 3.43. The van der Waals surface area contributed by atoms with Crippen molar-refractivity contribution in [2.75, 3.05) is 20.1 Å². The number of aromatic nitrogens is 1. The monoisotopic (exact) mass is 287 g/mol. The SMILES string of the molecule is Cc1cnc2c(c1)CC(NC(=O)C1CCN(C)CC1)CC2. The molecule has 1 aromatic heterocycles. The number of likely N-dealkylation sites (tertiary alicyclic amines) is 1. The number of amides is 1. The van der Waals surface area contributed by atoms with E-state index < -0.39 is 0 Å². The summed E-state index contributed by atoms with van der Waals surface area (Å²) in [5.41, 5.74) is 3.73. The Morgan fingerprint density at radius 3 is 2.86 bits per heavy atom. The fraction of sp³-hybridized carbons (Fsp3) is 0.647. The van der Waals surface area contributed by atoms with Crippen LogP contribution in [0.5, 0.6) is 0 Å². The minimum absolute atomic E-state index is 0.207. The maximum Gasteiger partial charge on any atom is 0.223 e. The van der Waals surface area contributed by atoms with E-state index in [-0.39, 0.29) is 17.9 Å². The summed E-state index contributed by atoms with van der Waals surface area (Å²) in [5.74, 6) is 0.468. The van der Waals surface area contributed by atoms with Crippen LogP contribution in [0.2, 0.25) is 0 Å². The van der Waals surface area contributed by atoms with Crippen molar-refractivity contribution in [1.82, 2.24) is 15.2 Å². The molecule has 1 N–H and O–H groups in total. The van der Waals surface area contributed by atoms with Gasteiger partial charge in [0.05, 0.1) is 0 Å². The van der Waals surface area contributed by atoms with E-state index in [1.807, 2.05) is 6.20 Å². The van der Waals surface area contributed by atoms with Gasteiger partial charge in [-0.1, -0.05) is 6.07 Å². The molecule has 0 spiro atoms. The number of aryl methyl sites for hydroxylation is 2. The zero-order chi connectivity index (χ0) is 14.8. The lowest BCUT2D eigenvalue weighted by Crippen LogP contribution is -2.45. The van der Waals surface area contributed by atoms with E-state index in [1.54, 1.807) is 0 Å². The molecule has 1 unspecified atom stereocenters. The summed E-state index contributed by atoms with van der Waals surface area (Å²) in [5, 5.41) is 3.28. The Morgan fingerprint density at radius 2 is 2.10 bits per heavy atom. The van der Waals surface area contributed by atoms with Gasteiger partial charge < -0.3 is 10.2 Å². The topological polar surface area (TPSA) is 45.2 Å². The molecule has 1 aliphatic heterocycles. The highest BCUT2D eigenvalue weighted by Gasteiger charge is 2.27. The Hall–Kier alpha value is -1.42. The molecule has 21 heavy (non-hydrogen) atoms. The van der Waals surface area contributed by atoms with Gasteiger partial charge in [-0.05, 0) is 70.3 Å². The molecule has 1 amide bonds. The van der Waals surface area contributed by atoms with Gasteiger partial charge in [-0.15, -0.1) is 0 Å². The minimum atomic E-state index is 0.207. The summed E-state index contributed by atoms with van der Waals surface area (Å²) in [6, 6.07) is 2.50. The highest BCUT2D eigenvalue weighted by molar-refractivity contribution is 5.79. The average molecular weight is 287 g/mol. The van der Waals surface area contributed by atoms with Crippen molar-refractivity contribution in [3.63, 3.8) is 0 Å². The summed E-state index contributed by atoms with van der Waals surface area (Å²) < 4.78 is 0. The molecule has 1 aromatic rings. The summed E-state index contributed by atoms with van der Waals surface area (Å²) in [4.78, 5) is 19.2. The Kier molecular flexibility index (Phi) is 4.24. The van der Waals surface area contributed by atoms with Gasteiger partial charge in [0, 0.05) is 23.9 Å². The molecule has 0 bridgehead atoms. The quantitative estimate of drug-likeness (QED) is 0.900. The van der Waals surface area contributed by atoms with Gasteiger partial charge in [0.15, 0.2) is 0 Å². The van der Waals surface area contributed by atoms with Crippen LogP contribution in [0.25, 0.3) is 0 Å². The highest BCUT2D eigenvalue weighted by Crippen LogP contribution is 2.22. The van der Waals surface area contributed by atoms with Crippen LogP contribution < -0.4 is 5.32 Å². The maximum absolute atomic E-state index is 12.4. The molecular weight excluding hydrogens is 262 g/mol. The van der Waals surface area contributed by atoms with Crippen LogP contribution >= 0.6 is 0 Å². The van der Waals surface area contributed by atoms with Gasteiger partial charge in [0.1, 0.15) is 0 Å². The van der Waals surface area contributed by atoms with Crippen LogP contribution in [0.15, 0.2) is 12.3 Å². The average Bonchev–Trinajstić information content (AvgIpc) is 2.47. The molecule has 2 heterocycles. The molecule has 4 nitrogen and oxygen atoms in total. The second-order valence-corrected chi connectivity index (χ2v) is 6.64. The summed E-state index contributed by atoms with van der Waals surface area (Å²) >= 11 is 0. The van der Waals surface area contributed by atoms with Crippen molar-refractivity contribution in [1.29, 1.82) is 0 Å². The van der Waals surface area contributed by atoms with Gasteiger partial charge in [-0.3, -0.25) is 9.78 Å². The zero-order valence-corrected chi connectivity index (χ0v) is 13.1. The first-order valence-corrected chi connectivity index (χ1v) is 8.05. The van der Waals surface area contributed by atoms with Crippen LogP contribution in [0, 0.1) is 12.8 Å². The number of carbonyl (C=O) groups excluding carboxylic acids is 1. The van der Waals surface area contributed by atoms with Crippen molar-refractivity contribution in [3.05, 3.63) is 29.1 Å². The lowest BCUT2D eigenvalue weighted by atomic mass is 9.90. The van der Waals surface area contributed by atoms with Crippen LogP contribution in [0.1, 0.15) is 36.1 Å². The van der Waals surface area contributed by atoms with E-state index in [2.05, 4.69) is 35.2 Å². The molecule has 1 atom stereocenters. The fourth-order valence-corrected chi connectivity index (χ4v) is 3.45. The lowest BCUT2D eigenvalue weighted by molar-refractivity contribution is -0.127. The lowest BCUT2D eigenvalue weighted by Gasteiger charge is -2.31. The highest BCUT2D eigenvalue weighted by atomic mass is 16.1. The van der Waals surface area contributed by atoms with Crippen molar-refractivity contribution in [3.8, 4) is 0 Å². The van der Waals surface area contributed by atoms with Crippen LogP contribution in [0.4, 0.5) is 0 Å². The molecule has 0 radical (unpaired) electrons. The number of carbonyl (C=O) groups is 1. The van der Waals surface area contributed by atoms with Gasteiger partial charge >= 0.3 is 0 Å². The van der Waals surface area contributed by atoms with Crippen LogP contribution in [-0.4, -0.2) is 42.0 Å². The number of piperidine rings is 1. The Bertz CT molecular complexity index is 521. The molecule has 1 saturated heterocycles. The first-order valence-electron chi connectivity index (χ1n) is 8.05. The van der Waals surface area contributed by atoms with Gasteiger partial charge in [0.2, 0.25) is 5.91 Å². The third-order valence-corrected chi connectivity index (χ3v) is 4.83. The maximum atomic E-state index is 12.4. The summed E-state index contributed by atoms with van der Waals surface area (Å²) in [7, 11) is 2.13. The molecule has 1 fully saturated rings. The molecule has 3 rings (SSSR count). The Labute approximate surface area is 126 Å². The number of fused-ring (bicyclic) bond motifs is 1. The number of hydrogen-bond donors (Lipinski definition) is 1.